The Bertz CT molecular complexity index is 853. The van der Waals surface area contributed by atoms with E-state index in [0.717, 1.165) is 11.5 Å². The number of allylic oxidation sites excluding steroid dienone is 5. The summed E-state index contributed by atoms with van der Waals surface area (Å²) in [5, 5.41) is 6.34. The minimum Gasteiger partial charge on any atom is -0.362 e. The first-order valence-corrected chi connectivity index (χ1v) is 13.6. The van der Waals surface area contributed by atoms with E-state index < -0.39 is 0 Å². The van der Waals surface area contributed by atoms with Crippen molar-refractivity contribution < 1.29 is 0 Å². The van der Waals surface area contributed by atoms with E-state index in [2.05, 4.69) is 133 Å². The third-order valence-electron chi connectivity index (χ3n) is 6.05. The van der Waals surface area contributed by atoms with E-state index in [9.17, 15) is 0 Å². The van der Waals surface area contributed by atoms with Gasteiger partial charge in [-0.15, -0.1) is 0 Å². The summed E-state index contributed by atoms with van der Waals surface area (Å²) in [6, 6.07) is 11.0. The van der Waals surface area contributed by atoms with Gasteiger partial charge in [0, 0.05) is 5.70 Å². The van der Waals surface area contributed by atoms with Crippen LogP contribution < -0.4 is 10.6 Å². The zero-order chi connectivity index (χ0) is 27.3. The maximum absolute atomic E-state index is 3.93. The van der Waals surface area contributed by atoms with Crippen molar-refractivity contribution in [3.8, 4) is 0 Å². The summed E-state index contributed by atoms with van der Waals surface area (Å²) < 4.78 is 0. The highest BCUT2D eigenvalue weighted by molar-refractivity contribution is 5.37. The van der Waals surface area contributed by atoms with Gasteiger partial charge in [0.1, 0.15) is 0 Å². The normalized spacial score (nSPS) is 12.5. The van der Waals surface area contributed by atoms with Crippen LogP contribution in [0.25, 0.3) is 0 Å². The second-order valence-corrected chi connectivity index (χ2v) is 9.25. The number of nitrogens with one attached hydrogen (secondary N) is 2. The average Bonchev–Trinajstić information content (AvgIpc) is 3.04. The van der Waals surface area contributed by atoms with Crippen LogP contribution >= 0.6 is 0 Å². The molecule has 2 N–H and O–H groups in total. The molecule has 0 spiro atoms. The number of hydrogen-bond donors (Lipinski definition) is 2. The fraction of sp³-hybridized carbons (Fsp3) is 0.412. The van der Waals surface area contributed by atoms with Gasteiger partial charge in [0.15, 0.2) is 0 Å². The van der Waals surface area contributed by atoms with Crippen LogP contribution in [0.5, 0.6) is 0 Å². The minimum absolute atomic E-state index is 0.109. The van der Waals surface area contributed by atoms with Crippen molar-refractivity contribution >= 4 is 0 Å². The van der Waals surface area contributed by atoms with Crippen LogP contribution in [0.4, 0.5) is 0 Å². The molecule has 0 bridgehead atoms. The molecular formula is C34H52N2. The zero-order valence-corrected chi connectivity index (χ0v) is 24.0. The molecule has 0 saturated carbocycles. The van der Waals surface area contributed by atoms with Gasteiger partial charge < -0.3 is 10.6 Å². The van der Waals surface area contributed by atoms with Gasteiger partial charge in [-0.1, -0.05) is 140 Å². The van der Waals surface area contributed by atoms with Gasteiger partial charge in [-0.25, -0.2) is 0 Å². The van der Waals surface area contributed by atoms with E-state index >= 15 is 0 Å². The third kappa shape index (κ3) is 14.4. The van der Waals surface area contributed by atoms with Crippen molar-refractivity contribution in [3.63, 3.8) is 0 Å². The quantitative estimate of drug-likeness (QED) is 0.286. The van der Waals surface area contributed by atoms with Crippen molar-refractivity contribution in [1.29, 1.82) is 0 Å². The standard InChI is InChI=1S/C17H22N2.C13H20.C4H10/c1-7-12(2)15(5)18-16(6)19-17-10-8-13(3)14(4)9-11-17;1-3-8-12(9-4-2)13-10-6-5-7-11-13;1-3-4-2/h7-11,17-19H,1-2,5-6H2,3-4H3;5-7,10-12H,3-4,8-9H2,1-2H3;3-4H2,1-2H3. The first-order valence-electron chi connectivity index (χ1n) is 13.6. The number of hydrogen-bond acceptors (Lipinski definition) is 2. The monoisotopic (exact) mass is 488 g/mol. The molecule has 2 heteroatoms. The summed E-state index contributed by atoms with van der Waals surface area (Å²) in [4.78, 5) is 0. The molecule has 198 valence electrons. The van der Waals surface area contributed by atoms with Gasteiger partial charge in [0.05, 0.1) is 11.9 Å². The maximum Gasteiger partial charge on any atom is 0.0964 e. The number of unbranched alkanes of at least 4 members (excludes halogenated alkanes) is 1. The molecule has 36 heavy (non-hydrogen) atoms. The van der Waals surface area contributed by atoms with E-state index in [1.165, 1.54) is 55.2 Å². The Labute approximate surface area is 223 Å². The molecule has 0 aliphatic heterocycles. The fourth-order valence-corrected chi connectivity index (χ4v) is 3.44. The lowest BCUT2D eigenvalue weighted by Gasteiger charge is -2.17. The molecule has 0 radical (unpaired) electrons. The van der Waals surface area contributed by atoms with E-state index in [4.69, 9.17) is 0 Å². The Hall–Kier alpha value is -3.00. The Morgan fingerprint density at radius 3 is 1.75 bits per heavy atom. The van der Waals surface area contributed by atoms with E-state index in [1.54, 1.807) is 6.08 Å². The summed E-state index contributed by atoms with van der Waals surface area (Å²) >= 11 is 0. The molecule has 0 saturated heterocycles. The van der Waals surface area contributed by atoms with Gasteiger partial charge in [-0.3, -0.25) is 0 Å². The Balaban J connectivity index is 0.000000622. The van der Waals surface area contributed by atoms with Crippen LogP contribution in [-0.2, 0) is 0 Å². The highest BCUT2D eigenvalue weighted by atomic mass is 15.1. The van der Waals surface area contributed by atoms with Crippen LogP contribution in [-0.4, -0.2) is 6.04 Å². The summed E-state index contributed by atoms with van der Waals surface area (Å²) in [6.45, 7) is 28.4. The molecule has 2 rings (SSSR count). The fourth-order valence-electron chi connectivity index (χ4n) is 3.44. The van der Waals surface area contributed by atoms with Crippen molar-refractivity contribution in [2.24, 2.45) is 0 Å². The summed E-state index contributed by atoms with van der Waals surface area (Å²) in [7, 11) is 0. The van der Waals surface area contributed by atoms with Crippen LogP contribution in [0.15, 0.2) is 115 Å². The molecule has 2 nitrogen and oxygen atoms in total. The number of benzene rings is 1. The van der Waals surface area contributed by atoms with E-state index in [-0.39, 0.29) is 6.04 Å². The lowest BCUT2D eigenvalue weighted by Crippen LogP contribution is -2.31. The van der Waals surface area contributed by atoms with Gasteiger partial charge >= 0.3 is 0 Å². The highest BCUT2D eigenvalue weighted by Gasteiger charge is 2.08. The van der Waals surface area contributed by atoms with Gasteiger partial charge in [0.25, 0.3) is 0 Å². The van der Waals surface area contributed by atoms with Crippen molar-refractivity contribution in [3.05, 3.63) is 121 Å². The summed E-state index contributed by atoms with van der Waals surface area (Å²) in [5.41, 5.74) is 5.50. The number of rotatable bonds is 12. The molecule has 0 aromatic heterocycles. The lowest BCUT2D eigenvalue weighted by molar-refractivity contribution is 0.561. The minimum atomic E-state index is 0.109. The Kier molecular flexibility index (Phi) is 18.5. The molecule has 0 heterocycles. The maximum atomic E-state index is 3.93. The van der Waals surface area contributed by atoms with Crippen LogP contribution in [0.3, 0.4) is 0 Å². The molecule has 1 aliphatic rings. The first kappa shape index (κ1) is 33.0. The van der Waals surface area contributed by atoms with E-state index in [1.807, 2.05) is 0 Å². The molecular weight excluding hydrogens is 436 g/mol. The Morgan fingerprint density at radius 2 is 1.33 bits per heavy atom. The summed E-state index contributed by atoms with van der Waals surface area (Å²) in [5.74, 6) is 1.47. The largest absolute Gasteiger partial charge is 0.362 e. The highest BCUT2D eigenvalue weighted by Crippen LogP contribution is 2.25. The average molecular weight is 489 g/mol. The molecule has 1 aliphatic carbocycles. The lowest BCUT2D eigenvalue weighted by atomic mass is 9.91. The van der Waals surface area contributed by atoms with Crippen molar-refractivity contribution in [2.45, 2.75) is 92.0 Å². The molecule has 0 unspecified atom stereocenters. The third-order valence-corrected chi connectivity index (χ3v) is 6.05. The van der Waals surface area contributed by atoms with Crippen LogP contribution in [0, 0.1) is 0 Å². The SMILES string of the molecule is C=CC(=C)C(=C)NC(=C)NC1C=CC(C)=C(C)C=C1.CCCC.CCCC(CCC)c1ccccc1. The van der Waals surface area contributed by atoms with Gasteiger partial charge in [-0.2, -0.15) is 0 Å². The molecule has 1 aromatic rings. The second-order valence-electron chi connectivity index (χ2n) is 9.25. The predicted molar refractivity (Wildman–Crippen MR) is 164 cm³/mol. The predicted octanol–water partition coefficient (Wildman–Crippen LogP) is 9.90. The first-order chi connectivity index (χ1) is 17.2. The smallest absolute Gasteiger partial charge is 0.0964 e. The van der Waals surface area contributed by atoms with Crippen LogP contribution in [0.2, 0.25) is 0 Å². The molecule has 0 fully saturated rings. The van der Waals surface area contributed by atoms with Crippen molar-refractivity contribution in [2.75, 3.05) is 0 Å². The van der Waals surface area contributed by atoms with Crippen LogP contribution in [0.1, 0.15) is 91.5 Å². The van der Waals surface area contributed by atoms with Crippen molar-refractivity contribution in [1.82, 2.24) is 10.6 Å². The molecule has 1 aromatic carbocycles. The second kappa shape index (κ2) is 20.2. The van der Waals surface area contributed by atoms with E-state index in [0.29, 0.717) is 11.5 Å². The zero-order valence-electron chi connectivity index (χ0n) is 24.0. The molecule has 0 atom stereocenters. The Morgan fingerprint density at radius 1 is 0.833 bits per heavy atom. The molecule has 0 amide bonds. The van der Waals surface area contributed by atoms with Gasteiger partial charge in [-0.05, 0) is 54.9 Å². The summed E-state index contributed by atoms with van der Waals surface area (Å²) in [6.07, 6.45) is 18.0. The topological polar surface area (TPSA) is 24.1 Å². The van der Waals surface area contributed by atoms with Gasteiger partial charge in [0.2, 0.25) is 0 Å².